The Morgan fingerprint density at radius 3 is 2.44 bits per heavy atom. The van der Waals surface area contributed by atoms with E-state index < -0.39 is 0 Å². The Morgan fingerprint density at radius 2 is 1.83 bits per heavy atom. The van der Waals surface area contributed by atoms with Crippen LogP contribution in [0.2, 0.25) is 0 Å². The lowest BCUT2D eigenvalue weighted by Gasteiger charge is -2.39. The average Bonchev–Trinajstić information content (AvgIpc) is 2.27. The molecule has 0 aromatic carbocycles. The molecule has 0 aromatic rings. The minimum atomic E-state index is 0.323. The summed E-state index contributed by atoms with van der Waals surface area (Å²) in [6.45, 7) is 10.1. The highest BCUT2D eigenvalue weighted by Crippen LogP contribution is 2.17. The van der Waals surface area contributed by atoms with Gasteiger partial charge in [-0.15, -0.1) is 0 Å². The van der Waals surface area contributed by atoms with Crippen LogP contribution in [-0.2, 0) is 4.79 Å². The van der Waals surface area contributed by atoms with Crippen LogP contribution in [0, 0.1) is 0 Å². The summed E-state index contributed by atoms with van der Waals surface area (Å²) in [5.41, 5.74) is 0. The topological polar surface area (TPSA) is 35.6 Å². The van der Waals surface area contributed by atoms with E-state index in [4.69, 9.17) is 0 Å². The Bertz CT molecular complexity index is 285. The lowest BCUT2D eigenvalue weighted by atomic mass is 10.0. The molecule has 18 heavy (non-hydrogen) atoms. The van der Waals surface area contributed by atoms with Gasteiger partial charge in [0.15, 0.2) is 0 Å². The number of nitrogens with zero attached hydrogens (tertiary/aromatic N) is 2. The van der Waals surface area contributed by atoms with Gasteiger partial charge in [0.25, 0.3) is 0 Å². The number of carbonyl (C=O) groups excluding carboxylic acids is 1. The molecule has 1 N–H and O–H groups in total. The second-order valence-corrected chi connectivity index (χ2v) is 6.09. The van der Waals surface area contributed by atoms with Crippen molar-refractivity contribution in [1.82, 2.24) is 15.1 Å². The minimum Gasteiger partial charge on any atom is -0.339 e. The largest absolute Gasteiger partial charge is 0.339 e. The first-order valence-corrected chi connectivity index (χ1v) is 7.34. The highest BCUT2D eigenvalue weighted by molar-refractivity contribution is 5.78. The van der Waals surface area contributed by atoms with Crippen molar-refractivity contribution in [3.63, 3.8) is 0 Å². The summed E-state index contributed by atoms with van der Waals surface area (Å²) in [5.74, 6) is 0.323. The molecule has 4 heteroatoms. The van der Waals surface area contributed by atoms with E-state index >= 15 is 0 Å². The van der Waals surface area contributed by atoms with Crippen molar-refractivity contribution in [2.75, 3.05) is 26.2 Å². The molecule has 3 unspecified atom stereocenters. The summed E-state index contributed by atoms with van der Waals surface area (Å²) in [6.07, 6.45) is 3.61. The van der Waals surface area contributed by atoms with Gasteiger partial charge in [0.1, 0.15) is 0 Å². The summed E-state index contributed by atoms with van der Waals surface area (Å²) >= 11 is 0. The molecule has 0 bridgehead atoms. The fraction of sp³-hybridized carbons (Fsp3) is 0.929. The number of amides is 1. The average molecular weight is 253 g/mol. The standard InChI is InChI=1S/C14H27N3O/c1-11-8-16(9-12(2)15-11)10-14(18)17-7-5-4-6-13(17)3/h11-13,15H,4-10H2,1-3H3. The van der Waals surface area contributed by atoms with Gasteiger partial charge in [-0.25, -0.2) is 0 Å². The molecule has 2 rings (SSSR count). The number of rotatable bonds is 2. The number of piperidine rings is 1. The minimum absolute atomic E-state index is 0.323. The van der Waals surface area contributed by atoms with Crippen LogP contribution >= 0.6 is 0 Å². The second-order valence-electron chi connectivity index (χ2n) is 6.09. The predicted octanol–water partition coefficient (Wildman–Crippen LogP) is 1.07. The van der Waals surface area contributed by atoms with Crippen molar-refractivity contribution in [3.8, 4) is 0 Å². The number of carbonyl (C=O) groups is 1. The number of hydrogen-bond acceptors (Lipinski definition) is 3. The van der Waals surface area contributed by atoms with E-state index in [0.29, 0.717) is 30.6 Å². The second kappa shape index (κ2) is 6.02. The van der Waals surface area contributed by atoms with Crippen LogP contribution in [0.5, 0.6) is 0 Å². The molecule has 2 aliphatic rings. The molecule has 2 aliphatic heterocycles. The van der Waals surface area contributed by atoms with Crippen LogP contribution in [0.1, 0.15) is 40.0 Å². The zero-order valence-corrected chi connectivity index (χ0v) is 12.0. The maximum atomic E-state index is 12.4. The van der Waals surface area contributed by atoms with Gasteiger partial charge in [0.2, 0.25) is 5.91 Å². The Morgan fingerprint density at radius 1 is 1.17 bits per heavy atom. The van der Waals surface area contributed by atoms with Crippen LogP contribution < -0.4 is 5.32 Å². The van der Waals surface area contributed by atoms with Crippen molar-refractivity contribution in [1.29, 1.82) is 0 Å². The maximum Gasteiger partial charge on any atom is 0.236 e. The third kappa shape index (κ3) is 3.45. The highest BCUT2D eigenvalue weighted by Gasteiger charge is 2.27. The first-order valence-electron chi connectivity index (χ1n) is 7.34. The molecule has 0 aromatic heterocycles. The van der Waals surface area contributed by atoms with Gasteiger partial charge in [0, 0.05) is 37.8 Å². The van der Waals surface area contributed by atoms with Gasteiger partial charge < -0.3 is 10.2 Å². The quantitative estimate of drug-likeness (QED) is 0.799. The fourth-order valence-electron chi connectivity index (χ4n) is 3.32. The van der Waals surface area contributed by atoms with Crippen LogP contribution in [0.25, 0.3) is 0 Å². The molecular weight excluding hydrogens is 226 g/mol. The van der Waals surface area contributed by atoms with Crippen LogP contribution in [0.4, 0.5) is 0 Å². The summed E-state index contributed by atoms with van der Waals surface area (Å²) in [6, 6.07) is 1.41. The van der Waals surface area contributed by atoms with Crippen LogP contribution in [0.15, 0.2) is 0 Å². The van der Waals surface area contributed by atoms with E-state index in [2.05, 4.69) is 35.9 Å². The SMILES string of the molecule is CC1CN(CC(=O)N2CCCCC2C)CC(C)N1. The van der Waals surface area contributed by atoms with E-state index in [1.54, 1.807) is 0 Å². The Balaban J connectivity index is 1.86. The molecule has 2 saturated heterocycles. The van der Waals surface area contributed by atoms with Crippen molar-refractivity contribution < 1.29 is 4.79 Å². The molecule has 0 aliphatic carbocycles. The molecule has 0 spiro atoms. The first kappa shape index (κ1) is 13.8. The van der Waals surface area contributed by atoms with E-state index in [1.165, 1.54) is 19.3 Å². The number of nitrogens with one attached hydrogen (secondary N) is 1. The van der Waals surface area contributed by atoms with Gasteiger partial charge in [-0.3, -0.25) is 9.69 Å². The van der Waals surface area contributed by atoms with E-state index in [1.807, 2.05) is 0 Å². The molecule has 1 amide bonds. The Hall–Kier alpha value is -0.610. The van der Waals surface area contributed by atoms with Gasteiger partial charge in [0.05, 0.1) is 6.54 Å². The van der Waals surface area contributed by atoms with Gasteiger partial charge in [-0.1, -0.05) is 0 Å². The number of piperazine rings is 1. The Labute approximate surface area is 111 Å². The van der Waals surface area contributed by atoms with Crippen LogP contribution in [-0.4, -0.2) is 60.0 Å². The van der Waals surface area contributed by atoms with Crippen molar-refractivity contribution in [2.24, 2.45) is 0 Å². The smallest absolute Gasteiger partial charge is 0.236 e. The van der Waals surface area contributed by atoms with E-state index in [9.17, 15) is 4.79 Å². The van der Waals surface area contributed by atoms with Crippen molar-refractivity contribution in [2.45, 2.75) is 58.2 Å². The lowest BCUT2D eigenvalue weighted by molar-refractivity contribution is -0.136. The molecule has 104 valence electrons. The molecule has 3 atom stereocenters. The molecular formula is C14H27N3O. The number of likely N-dealkylation sites (tertiary alicyclic amines) is 1. The fourth-order valence-corrected chi connectivity index (χ4v) is 3.32. The van der Waals surface area contributed by atoms with E-state index in [0.717, 1.165) is 19.6 Å². The predicted molar refractivity (Wildman–Crippen MR) is 73.5 cm³/mol. The third-order valence-electron chi connectivity index (χ3n) is 4.12. The van der Waals surface area contributed by atoms with Gasteiger partial charge >= 0.3 is 0 Å². The zero-order chi connectivity index (χ0) is 13.1. The Kier molecular flexibility index (Phi) is 4.62. The van der Waals surface area contributed by atoms with Crippen LogP contribution in [0.3, 0.4) is 0 Å². The number of hydrogen-bond donors (Lipinski definition) is 1. The van der Waals surface area contributed by atoms with Gasteiger partial charge in [-0.05, 0) is 40.0 Å². The summed E-state index contributed by atoms with van der Waals surface area (Å²) < 4.78 is 0. The normalized spacial score (nSPS) is 34.6. The highest BCUT2D eigenvalue weighted by atomic mass is 16.2. The maximum absolute atomic E-state index is 12.4. The van der Waals surface area contributed by atoms with Crippen molar-refractivity contribution in [3.05, 3.63) is 0 Å². The van der Waals surface area contributed by atoms with Crippen molar-refractivity contribution >= 4 is 5.91 Å². The zero-order valence-electron chi connectivity index (χ0n) is 12.0. The molecule has 2 heterocycles. The molecule has 2 fully saturated rings. The van der Waals surface area contributed by atoms with E-state index in [-0.39, 0.29) is 0 Å². The molecule has 0 radical (unpaired) electrons. The summed E-state index contributed by atoms with van der Waals surface area (Å²) in [7, 11) is 0. The third-order valence-corrected chi connectivity index (χ3v) is 4.12. The molecule has 4 nitrogen and oxygen atoms in total. The first-order chi connectivity index (χ1) is 8.56. The van der Waals surface area contributed by atoms with Gasteiger partial charge in [-0.2, -0.15) is 0 Å². The molecule has 0 saturated carbocycles. The summed E-state index contributed by atoms with van der Waals surface area (Å²) in [4.78, 5) is 16.7. The monoisotopic (exact) mass is 253 g/mol. The lowest BCUT2D eigenvalue weighted by Crippen LogP contribution is -2.57. The summed E-state index contributed by atoms with van der Waals surface area (Å²) in [5, 5.41) is 3.50.